The molecule has 0 amide bonds. The highest BCUT2D eigenvalue weighted by atomic mass is 79.9. The first-order valence-electron chi connectivity index (χ1n) is 4.73. The maximum atomic E-state index is 4.31. The van der Waals surface area contributed by atoms with E-state index >= 15 is 0 Å². The number of halogens is 2. The third-order valence-corrected chi connectivity index (χ3v) is 3.17. The second-order valence-corrected chi connectivity index (χ2v) is 5.03. The maximum absolute atomic E-state index is 4.31. The molecular formula is C10H10Br2N4. The molecule has 4 nitrogen and oxygen atoms in total. The summed E-state index contributed by atoms with van der Waals surface area (Å²) in [6.45, 7) is 1.47. The third kappa shape index (κ3) is 3.13. The Morgan fingerprint density at radius 3 is 2.81 bits per heavy atom. The van der Waals surface area contributed by atoms with Gasteiger partial charge >= 0.3 is 0 Å². The fourth-order valence-corrected chi connectivity index (χ4v) is 2.40. The van der Waals surface area contributed by atoms with Crippen molar-refractivity contribution in [2.45, 2.75) is 13.1 Å². The molecule has 2 aromatic heterocycles. The molecule has 2 rings (SSSR count). The Morgan fingerprint density at radius 2 is 2.12 bits per heavy atom. The number of imidazole rings is 1. The standard InChI is InChI=1S/C10H10Br2N4/c11-7-1-9(12)10(15-2-7)5-13-3-8-4-14-6-16-8/h1-2,4,6,13H,3,5H2,(H,14,16). The van der Waals surface area contributed by atoms with Gasteiger partial charge in [0, 0.05) is 40.1 Å². The summed E-state index contributed by atoms with van der Waals surface area (Å²) in [5.74, 6) is 0. The molecule has 0 radical (unpaired) electrons. The summed E-state index contributed by atoms with van der Waals surface area (Å²) in [7, 11) is 0. The molecule has 6 heteroatoms. The lowest BCUT2D eigenvalue weighted by Gasteiger charge is -2.05. The lowest BCUT2D eigenvalue weighted by Crippen LogP contribution is -2.14. The van der Waals surface area contributed by atoms with Gasteiger partial charge in [0.2, 0.25) is 0 Å². The van der Waals surface area contributed by atoms with Gasteiger partial charge in [-0.1, -0.05) is 0 Å². The van der Waals surface area contributed by atoms with Crippen molar-refractivity contribution in [2.24, 2.45) is 0 Å². The predicted octanol–water partition coefficient (Wildman–Crippen LogP) is 2.62. The Bertz CT molecular complexity index is 456. The number of pyridine rings is 1. The van der Waals surface area contributed by atoms with Crippen molar-refractivity contribution >= 4 is 31.9 Å². The lowest BCUT2D eigenvalue weighted by molar-refractivity contribution is 0.667. The van der Waals surface area contributed by atoms with Crippen LogP contribution < -0.4 is 5.32 Å². The Morgan fingerprint density at radius 1 is 1.25 bits per heavy atom. The summed E-state index contributed by atoms with van der Waals surface area (Å²) in [6, 6.07) is 1.99. The largest absolute Gasteiger partial charge is 0.347 e. The molecule has 0 aliphatic heterocycles. The van der Waals surface area contributed by atoms with E-state index in [4.69, 9.17) is 0 Å². The average Bonchev–Trinajstić information content (AvgIpc) is 2.74. The van der Waals surface area contributed by atoms with Gasteiger partial charge in [-0.3, -0.25) is 4.98 Å². The van der Waals surface area contributed by atoms with Crippen LogP contribution >= 0.6 is 31.9 Å². The Balaban J connectivity index is 1.90. The van der Waals surface area contributed by atoms with Crippen molar-refractivity contribution in [2.75, 3.05) is 0 Å². The van der Waals surface area contributed by atoms with E-state index in [1.165, 1.54) is 0 Å². The molecule has 0 spiro atoms. The summed E-state index contributed by atoms with van der Waals surface area (Å²) in [4.78, 5) is 11.3. The van der Waals surface area contributed by atoms with Crippen LogP contribution in [0.2, 0.25) is 0 Å². The van der Waals surface area contributed by atoms with Crippen LogP contribution in [0.4, 0.5) is 0 Å². The molecular weight excluding hydrogens is 336 g/mol. The molecule has 2 heterocycles. The first-order valence-corrected chi connectivity index (χ1v) is 6.32. The fraction of sp³-hybridized carbons (Fsp3) is 0.200. The summed E-state index contributed by atoms with van der Waals surface area (Å²) in [5, 5.41) is 3.29. The van der Waals surface area contributed by atoms with Gasteiger partial charge in [-0.2, -0.15) is 0 Å². The Hall–Kier alpha value is -0.720. The van der Waals surface area contributed by atoms with E-state index in [0.29, 0.717) is 6.54 Å². The minimum Gasteiger partial charge on any atom is -0.347 e. The third-order valence-electron chi connectivity index (χ3n) is 2.05. The van der Waals surface area contributed by atoms with Crippen molar-refractivity contribution in [3.8, 4) is 0 Å². The van der Waals surface area contributed by atoms with Crippen LogP contribution in [0.1, 0.15) is 11.4 Å². The summed E-state index contributed by atoms with van der Waals surface area (Å²) < 4.78 is 1.97. The van der Waals surface area contributed by atoms with E-state index in [1.54, 1.807) is 18.7 Å². The van der Waals surface area contributed by atoms with Crippen molar-refractivity contribution in [1.29, 1.82) is 0 Å². The first kappa shape index (κ1) is 11.8. The van der Waals surface area contributed by atoms with Gasteiger partial charge in [0.15, 0.2) is 0 Å². The molecule has 84 valence electrons. The topological polar surface area (TPSA) is 53.6 Å². The van der Waals surface area contributed by atoms with Crippen LogP contribution in [-0.2, 0) is 13.1 Å². The molecule has 0 aliphatic carbocycles. The Labute approximate surface area is 110 Å². The van der Waals surface area contributed by atoms with Gasteiger partial charge in [0.1, 0.15) is 0 Å². The highest BCUT2D eigenvalue weighted by molar-refractivity contribution is 9.11. The van der Waals surface area contributed by atoms with Crippen molar-refractivity contribution in [1.82, 2.24) is 20.3 Å². The molecule has 2 N–H and O–H groups in total. The van der Waals surface area contributed by atoms with Gasteiger partial charge in [-0.15, -0.1) is 0 Å². The minimum absolute atomic E-state index is 0.715. The molecule has 0 saturated heterocycles. The van der Waals surface area contributed by atoms with Crippen molar-refractivity contribution < 1.29 is 0 Å². The molecule has 0 fully saturated rings. The van der Waals surface area contributed by atoms with Gasteiger partial charge in [0.25, 0.3) is 0 Å². The number of aromatic nitrogens is 3. The van der Waals surface area contributed by atoms with Crippen LogP contribution in [0.3, 0.4) is 0 Å². The first-order chi connectivity index (χ1) is 7.75. The molecule has 16 heavy (non-hydrogen) atoms. The monoisotopic (exact) mass is 344 g/mol. The van der Waals surface area contributed by atoms with E-state index in [-0.39, 0.29) is 0 Å². The number of rotatable bonds is 4. The lowest BCUT2D eigenvalue weighted by atomic mass is 10.3. The quantitative estimate of drug-likeness (QED) is 0.895. The normalized spacial score (nSPS) is 10.6. The van der Waals surface area contributed by atoms with Crippen molar-refractivity contribution in [3.05, 3.63) is 45.1 Å². The highest BCUT2D eigenvalue weighted by Gasteiger charge is 2.02. The highest BCUT2D eigenvalue weighted by Crippen LogP contribution is 2.19. The summed E-state index contributed by atoms with van der Waals surface area (Å²) >= 11 is 6.84. The van der Waals surface area contributed by atoms with Gasteiger partial charge in [0.05, 0.1) is 12.0 Å². The Kier molecular flexibility index (Phi) is 4.09. The smallest absolute Gasteiger partial charge is 0.0922 e. The van der Waals surface area contributed by atoms with Crippen LogP contribution in [0, 0.1) is 0 Å². The molecule has 0 saturated carbocycles. The summed E-state index contributed by atoms with van der Waals surface area (Å²) in [5.41, 5.74) is 2.05. The van der Waals surface area contributed by atoms with Gasteiger partial charge in [-0.25, -0.2) is 4.98 Å². The number of aromatic amines is 1. The fourth-order valence-electron chi connectivity index (χ4n) is 1.27. The van der Waals surface area contributed by atoms with E-state index < -0.39 is 0 Å². The van der Waals surface area contributed by atoms with Crippen molar-refractivity contribution in [3.63, 3.8) is 0 Å². The second kappa shape index (κ2) is 5.56. The van der Waals surface area contributed by atoms with E-state index in [2.05, 4.69) is 52.1 Å². The number of hydrogen-bond acceptors (Lipinski definition) is 3. The molecule has 0 bridgehead atoms. The zero-order valence-corrected chi connectivity index (χ0v) is 11.5. The molecule has 0 unspecified atom stereocenters. The van der Waals surface area contributed by atoms with Crippen LogP contribution in [0.25, 0.3) is 0 Å². The molecule has 0 aliphatic rings. The minimum atomic E-state index is 0.715. The SMILES string of the molecule is Brc1cnc(CNCc2cnc[nH]2)c(Br)c1. The zero-order chi connectivity index (χ0) is 11.4. The zero-order valence-electron chi connectivity index (χ0n) is 8.37. The van der Waals surface area contributed by atoms with Crippen LogP contribution in [0.15, 0.2) is 33.7 Å². The van der Waals surface area contributed by atoms with Crippen LogP contribution in [0.5, 0.6) is 0 Å². The van der Waals surface area contributed by atoms with E-state index in [9.17, 15) is 0 Å². The predicted molar refractivity (Wildman–Crippen MR) is 68.8 cm³/mol. The average molecular weight is 346 g/mol. The maximum Gasteiger partial charge on any atom is 0.0922 e. The second-order valence-electron chi connectivity index (χ2n) is 3.26. The number of H-pyrrole nitrogens is 1. The van der Waals surface area contributed by atoms with Gasteiger partial charge < -0.3 is 10.3 Å². The number of nitrogens with one attached hydrogen (secondary N) is 2. The van der Waals surface area contributed by atoms with E-state index in [0.717, 1.165) is 26.9 Å². The molecule has 0 atom stereocenters. The van der Waals surface area contributed by atoms with Crippen LogP contribution in [-0.4, -0.2) is 15.0 Å². The summed E-state index contributed by atoms with van der Waals surface area (Å²) in [6.07, 6.45) is 5.26. The molecule has 2 aromatic rings. The number of hydrogen-bond donors (Lipinski definition) is 2. The number of nitrogens with zero attached hydrogens (tertiary/aromatic N) is 2. The molecule has 0 aromatic carbocycles. The van der Waals surface area contributed by atoms with E-state index in [1.807, 2.05) is 6.07 Å². The van der Waals surface area contributed by atoms with Gasteiger partial charge in [-0.05, 0) is 37.9 Å².